The maximum Gasteiger partial charge on any atom is 0.00508 e. The monoisotopic (exact) mass is 130 g/mol. The number of rotatable bonds is 5. The molecule has 0 aromatic heterocycles. The molecule has 0 amide bonds. The van der Waals surface area contributed by atoms with Gasteiger partial charge >= 0.3 is 0 Å². The Labute approximate surface area is 57.8 Å². The summed E-state index contributed by atoms with van der Waals surface area (Å²) in [6, 6.07) is 0.405. The summed E-state index contributed by atoms with van der Waals surface area (Å²) in [5.41, 5.74) is 5.73. The van der Waals surface area contributed by atoms with Crippen molar-refractivity contribution in [2.75, 3.05) is 13.6 Å². The summed E-state index contributed by atoms with van der Waals surface area (Å²) < 4.78 is 0. The molecule has 2 heteroatoms. The fraction of sp³-hybridized carbons (Fsp3) is 1.00. The quantitative estimate of drug-likeness (QED) is 0.575. The molecule has 0 spiro atoms. The van der Waals surface area contributed by atoms with Crippen LogP contribution in [0.25, 0.3) is 0 Å². The van der Waals surface area contributed by atoms with Gasteiger partial charge in [0.05, 0.1) is 0 Å². The average Bonchev–Trinajstić information content (AvgIpc) is 1.85. The molecule has 1 atom stereocenters. The van der Waals surface area contributed by atoms with Crippen LogP contribution in [0, 0.1) is 0 Å². The minimum atomic E-state index is 0.405. The van der Waals surface area contributed by atoms with E-state index >= 15 is 0 Å². The highest BCUT2D eigenvalue weighted by Gasteiger charge is 1.97. The molecule has 0 heterocycles. The maximum atomic E-state index is 5.73. The van der Waals surface area contributed by atoms with Crippen LogP contribution in [0.15, 0.2) is 0 Å². The molecule has 0 saturated heterocycles. The molecule has 0 aliphatic rings. The van der Waals surface area contributed by atoms with Crippen molar-refractivity contribution >= 4 is 0 Å². The van der Waals surface area contributed by atoms with Crippen LogP contribution in [-0.2, 0) is 0 Å². The molecule has 0 saturated carbocycles. The molecule has 0 bridgehead atoms. The van der Waals surface area contributed by atoms with Crippen LogP contribution < -0.4 is 11.1 Å². The lowest BCUT2D eigenvalue weighted by Gasteiger charge is -2.08. The van der Waals surface area contributed by atoms with Crippen LogP contribution in [-0.4, -0.2) is 19.6 Å². The normalized spacial score (nSPS) is 13.7. The lowest BCUT2D eigenvalue weighted by atomic mass is 10.1. The molecule has 1 unspecified atom stereocenters. The third-order valence-electron chi connectivity index (χ3n) is 1.42. The van der Waals surface area contributed by atoms with Crippen molar-refractivity contribution in [2.45, 2.75) is 32.2 Å². The highest BCUT2D eigenvalue weighted by Crippen LogP contribution is 1.95. The zero-order valence-corrected chi connectivity index (χ0v) is 6.48. The van der Waals surface area contributed by atoms with Gasteiger partial charge in [0.25, 0.3) is 0 Å². The maximum absolute atomic E-state index is 5.73. The van der Waals surface area contributed by atoms with E-state index in [0.29, 0.717) is 6.04 Å². The van der Waals surface area contributed by atoms with Gasteiger partial charge in [-0.25, -0.2) is 0 Å². The summed E-state index contributed by atoms with van der Waals surface area (Å²) in [7, 11) is 1.96. The first kappa shape index (κ1) is 8.92. The van der Waals surface area contributed by atoms with E-state index in [1.807, 2.05) is 7.05 Å². The molecule has 0 rings (SSSR count). The summed E-state index contributed by atoms with van der Waals surface area (Å²) in [6.45, 7) is 3.21. The summed E-state index contributed by atoms with van der Waals surface area (Å²) in [4.78, 5) is 0. The molecular formula is C7H18N2. The van der Waals surface area contributed by atoms with Gasteiger partial charge in [-0.15, -0.1) is 0 Å². The molecule has 0 radical (unpaired) electrons. The van der Waals surface area contributed by atoms with E-state index in [9.17, 15) is 0 Å². The molecule has 0 fully saturated rings. The molecular weight excluding hydrogens is 112 g/mol. The smallest absolute Gasteiger partial charge is 0.00508 e. The van der Waals surface area contributed by atoms with Gasteiger partial charge in [-0.1, -0.05) is 13.3 Å². The number of hydrogen-bond acceptors (Lipinski definition) is 2. The average molecular weight is 130 g/mol. The fourth-order valence-corrected chi connectivity index (χ4v) is 0.845. The van der Waals surface area contributed by atoms with Gasteiger partial charge < -0.3 is 11.1 Å². The molecule has 0 aromatic carbocycles. The Hall–Kier alpha value is -0.0800. The first-order valence-corrected chi connectivity index (χ1v) is 3.71. The molecule has 0 aromatic rings. The minimum absolute atomic E-state index is 0.405. The number of nitrogens with one attached hydrogen (secondary N) is 1. The van der Waals surface area contributed by atoms with Crippen molar-refractivity contribution in [2.24, 2.45) is 5.73 Å². The molecule has 9 heavy (non-hydrogen) atoms. The predicted molar refractivity (Wildman–Crippen MR) is 41.4 cm³/mol. The Morgan fingerprint density at radius 1 is 1.44 bits per heavy atom. The third-order valence-corrected chi connectivity index (χ3v) is 1.42. The number of nitrogens with two attached hydrogens (primary N) is 1. The van der Waals surface area contributed by atoms with Gasteiger partial charge in [0.1, 0.15) is 0 Å². The second kappa shape index (κ2) is 6.05. The van der Waals surface area contributed by atoms with Crippen LogP contribution in [0.4, 0.5) is 0 Å². The van der Waals surface area contributed by atoms with Crippen molar-refractivity contribution in [3.05, 3.63) is 0 Å². The van der Waals surface area contributed by atoms with Crippen LogP contribution in [0.1, 0.15) is 26.2 Å². The third kappa shape index (κ3) is 5.80. The van der Waals surface area contributed by atoms with Gasteiger partial charge in [-0.2, -0.15) is 0 Å². The molecule has 2 nitrogen and oxygen atoms in total. The SMILES string of the molecule is CCCC(N)CCNC. The fourth-order valence-electron chi connectivity index (χ4n) is 0.845. The van der Waals surface area contributed by atoms with Gasteiger partial charge in [-0.3, -0.25) is 0 Å². The van der Waals surface area contributed by atoms with Crippen LogP contribution in [0.3, 0.4) is 0 Å². The zero-order chi connectivity index (χ0) is 7.11. The minimum Gasteiger partial charge on any atom is -0.328 e. The van der Waals surface area contributed by atoms with E-state index in [0.717, 1.165) is 19.4 Å². The van der Waals surface area contributed by atoms with Crippen molar-refractivity contribution in [3.63, 3.8) is 0 Å². The van der Waals surface area contributed by atoms with E-state index in [2.05, 4.69) is 12.2 Å². The highest BCUT2D eigenvalue weighted by molar-refractivity contribution is 4.60. The van der Waals surface area contributed by atoms with Crippen molar-refractivity contribution < 1.29 is 0 Å². The Balaban J connectivity index is 2.95. The second-order valence-electron chi connectivity index (χ2n) is 2.44. The Morgan fingerprint density at radius 3 is 2.56 bits per heavy atom. The van der Waals surface area contributed by atoms with E-state index in [4.69, 9.17) is 5.73 Å². The van der Waals surface area contributed by atoms with E-state index in [-0.39, 0.29) is 0 Å². The molecule has 0 aliphatic carbocycles. The molecule has 0 aliphatic heterocycles. The van der Waals surface area contributed by atoms with E-state index in [1.54, 1.807) is 0 Å². The number of hydrogen-bond donors (Lipinski definition) is 2. The van der Waals surface area contributed by atoms with Gasteiger partial charge in [-0.05, 0) is 26.4 Å². The summed E-state index contributed by atoms with van der Waals surface area (Å²) in [5.74, 6) is 0. The van der Waals surface area contributed by atoms with Crippen molar-refractivity contribution in [1.29, 1.82) is 0 Å². The summed E-state index contributed by atoms with van der Waals surface area (Å²) in [6.07, 6.45) is 3.46. The highest BCUT2D eigenvalue weighted by atomic mass is 14.8. The van der Waals surface area contributed by atoms with Crippen molar-refractivity contribution in [3.8, 4) is 0 Å². The Morgan fingerprint density at radius 2 is 2.11 bits per heavy atom. The van der Waals surface area contributed by atoms with Crippen molar-refractivity contribution in [1.82, 2.24) is 5.32 Å². The zero-order valence-electron chi connectivity index (χ0n) is 6.48. The Kier molecular flexibility index (Phi) is 5.99. The molecule has 56 valence electrons. The second-order valence-corrected chi connectivity index (χ2v) is 2.44. The lowest BCUT2D eigenvalue weighted by molar-refractivity contribution is 0.545. The lowest BCUT2D eigenvalue weighted by Crippen LogP contribution is -2.24. The van der Waals surface area contributed by atoms with Crippen LogP contribution in [0.5, 0.6) is 0 Å². The first-order valence-electron chi connectivity index (χ1n) is 3.71. The summed E-state index contributed by atoms with van der Waals surface area (Å²) >= 11 is 0. The summed E-state index contributed by atoms with van der Waals surface area (Å²) in [5, 5.41) is 3.08. The Bertz CT molecular complexity index is 54.9. The topological polar surface area (TPSA) is 38.0 Å². The van der Waals surface area contributed by atoms with E-state index < -0.39 is 0 Å². The van der Waals surface area contributed by atoms with Crippen LogP contribution in [0.2, 0.25) is 0 Å². The largest absolute Gasteiger partial charge is 0.328 e. The first-order chi connectivity index (χ1) is 4.31. The van der Waals surface area contributed by atoms with E-state index in [1.165, 1.54) is 6.42 Å². The van der Waals surface area contributed by atoms with Gasteiger partial charge in [0.2, 0.25) is 0 Å². The van der Waals surface area contributed by atoms with Crippen LogP contribution >= 0.6 is 0 Å². The van der Waals surface area contributed by atoms with Gasteiger partial charge in [0, 0.05) is 6.04 Å². The standard InChI is InChI=1S/C7H18N2/c1-3-4-7(8)5-6-9-2/h7,9H,3-6,8H2,1-2H3. The predicted octanol–water partition coefficient (Wildman–Crippen LogP) is 0.723. The van der Waals surface area contributed by atoms with Gasteiger partial charge in [0.15, 0.2) is 0 Å². The molecule has 3 N–H and O–H groups in total.